The summed E-state index contributed by atoms with van der Waals surface area (Å²) in [5.74, 6) is 0. The third kappa shape index (κ3) is 7.70. The van der Waals surface area contributed by atoms with E-state index in [1.165, 1.54) is 48.3 Å². The van der Waals surface area contributed by atoms with Crippen molar-refractivity contribution in [2.45, 2.75) is 20.3 Å². The fourth-order valence-electron chi connectivity index (χ4n) is 6.81. The van der Waals surface area contributed by atoms with Gasteiger partial charge in [-0.15, -0.1) is 11.3 Å². The number of anilines is 3. The number of thiophene rings is 1. The monoisotopic (exact) mass is 701 g/mol. The Morgan fingerprint density at radius 3 is 1.89 bits per heavy atom. The van der Waals surface area contributed by atoms with E-state index in [4.69, 9.17) is 0 Å². The topological polar surface area (TPSA) is 3.24 Å². The summed E-state index contributed by atoms with van der Waals surface area (Å²) in [4.78, 5) is 3.59. The van der Waals surface area contributed by atoms with Crippen molar-refractivity contribution >= 4 is 56.2 Å². The Labute approximate surface area is 318 Å². The summed E-state index contributed by atoms with van der Waals surface area (Å²) in [5.41, 5.74) is 13.9. The van der Waals surface area contributed by atoms with Gasteiger partial charge in [-0.25, -0.2) is 0 Å². The second-order valence-corrected chi connectivity index (χ2v) is 14.0. The molecule has 258 valence electrons. The maximum absolute atomic E-state index is 4.14. The highest BCUT2D eigenvalue weighted by Gasteiger charge is 2.16. The van der Waals surface area contributed by atoms with Crippen molar-refractivity contribution in [1.29, 1.82) is 0 Å². The van der Waals surface area contributed by atoms with Crippen molar-refractivity contribution in [2.24, 2.45) is 0 Å². The van der Waals surface area contributed by atoms with Gasteiger partial charge in [0.1, 0.15) is 0 Å². The molecular formula is C51H43NS. The molecule has 1 aromatic heterocycles. The van der Waals surface area contributed by atoms with Crippen molar-refractivity contribution in [3.8, 4) is 33.4 Å². The number of nitrogens with zero attached hydrogens (tertiary/aromatic N) is 1. The number of allylic oxidation sites excluding steroid dienone is 6. The van der Waals surface area contributed by atoms with Crippen molar-refractivity contribution in [3.05, 3.63) is 205 Å². The van der Waals surface area contributed by atoms with Crippen molar-refractivity contribution in [2.75, 3.05) is 4.90 Å². The second kappa shape index (κ2) is 16.4. The maximum atomic E-state index is 4.14. The minimum absolute atomic E-state index is 0.981. The predicted molar refractivity (Wildman–Crippen MR) is 235 cm³/mol. The zero-order valence-electron chi connectivity index (χ0n) is 30.4. The van der Waals surface area contributed by atoms with Crippen LogP contribution in [-0.2, 0) is 0 Å². The molecular weight excluding hydrogens is 659 g/mol. The highest BCUT2D eigenvalue weighted by molar-refractivity contribution is 7.20. The lowest BCUT2D eigenvalue weighted by Gasteiger charge is -2.26. The van der Waals surface area contributed by atoms with Gasteiger partial charge in [-0.2, -0.15) is 0 Å². The summed E-state index contributed by atoms with van der Waals surface area (Å²) < 4.78 is 1.27. The van der Waals surface area contributed by atoms with Crippen molar-refractivity contribution < 1.29 is 0 Å². The highest BCUT2D eigenvalue weighted by atomic mass is 32.1. The van der Waals surface area contributed by atoms with Gasteiger partial charge in [0.25, 0.3) is 0 Å². The summed E-state index contributed by atoms with van der Waals surface area (Å²) >= 11 is 1.81. The zero-order chi connectivity index (χ0) is 36.6. The molecule has 0 N–H and O–H groups in total. The van der Waals surface area contributed by atoms with Gasteiger partial charge in [0.2, 0.25) is 0 Å². The molecule has 0 radical (unpaired) electrons. The van der Waals surface area contributed by atoms with Gasteiger partial charge < -0.3 is 4.90 Å². The van der Waals surface area contributed by atoms with Gasteiger partial charge in [0, 0.05) is 32.0 Å². The van der Waals surface area contributed by atoms with Crippen LogP contribution in [0.5, 0.6) is 0 Å². The van der Waals surface area contributed by atoms with Crippen LogP contribution in [0.15, 0.2) is 189 Å². The summed E-state index contributed by atoms with van der Waals surface area (Å²) in [6.45, 7) is 12.3. The lowest BCUT2D eigenvalue weighted by Crippen LogP contribution is -2.10. The second-order valence-electron chi connectivity index (χ2n) is 12.9. The number of rotatable bonds is 12. The molecule has 1 heterocycles. The van der Waals surface area contributed by atoms with Crippen LogP contribution in [0.25, 0.3) is 61.2 Å². The standard InChI is InChI=1S/C51H43NS/c1-5-9-17-37(15-6-2)39-24-29-45(30-25-39)52(46-31-26-40(27-32-46)42-21-13-20-41(34-42)38-18-11-10-12-19-38)47-23-14-22-43(35-47)44-28-33-51-49(36-44)48(8-4)50(53-51)16-7-3/h6-36H,2,4-5H2,1,3H3/b16-7-,17-9-,37-15+. The highest BCUT2D eigenvalue weighted by Crippen LogP contribution is 2.40. The molecule has 0 atom stereocenters. The van der Waals surface area contributed by atoms with Crippen LogP contribution in [0, 0.1) is 0 Å². The molecule has 0 fully saturated rings. The molecule has 0 spiro atoms. The average Bonchev–Trinajstić information content (AvgIpc) is 3.57. The number of benzene rings is 6. The molecule has 0 amide bonds. The van der Waals surface area contributed by atoms with Gasteiger partial charge >= 0.3 is 0 Å². The molecule has 0 saturated carbocycles. The fourth-order valence-corrected chi connectivity index (χ4v) is 7.97. The van der Waals surface area contributed by atoms with Crippen LogP contribution in [-0.4, -0.2) is 0 Å². The Hall–Kier alpha value is -6.22. The lowest BCUT2D eigenvalue weighted by molar-refractivity contribution is 1.22. The smallest absolute Gasteiger partial charge is 0.0467 e. The van der Waals surface area contributed by atoms with Crippen LogP contribution in [0.2, 0.25) is 0 Å². The number of hydrogen-bond donors (Lipinski definition) is 0. The van der Waals surface area contributed by atoms with Gasteiger partial charge in [0.05, 0.1) is 0 Å². The van der Waals surface area contributed by atoms with E-state index in [0.29, 0.717) is 0 Å². The Balaban J connectivity index is 1.30. The molecule has 0 bridgehead atoms. The van der Waals surface area contributed by atoms with Gasteiger partial charge in [0.15, 0.2) is 0 Å². The average molecular weight is 702 g/mol. The largest absolute Gasteiger partial charge is 0.310 e. The normalized spacial score (nSPS) is 11.8. The van der Waals surface area contributed by atoms with E-state index in [1.54, 1.807) is 0 Å². The molecule has 7 aromatic rings. The van der Waals surface area contributed by atoms with E-state index < -0.39 is 0 Å². The number of fused-ring (bicyclic) bond motifs is 1. The minimum Gasteiger partial charge on any atom is -0.310 e. The molecule has 6 aromatic carbocycles. The maximum Gasteiger partial charge on any atom is 0.0467 e. The van der Waals surface area contributed by atoms with Gasteiger partial charge in [-0.3, -0.25) is 0 Å². The van der Waals surface area contributed by atoms with Crippen LogP contribution >= 0.6 is 11.3 Å². The Morgan fingerprint density at radius 1 is 0.623 bits per heavy atom. The molecule has 7 rings (SSSR count). The van der Waals surface area contributed by atoms with E-state index in [-0.39, 0.29) is 0 Å². The third-order valence-electron chi connectivity index (χ3n) is 9.43. The summed E-state index contributed by atoms with van der Waals surface area (Å²) in [7, 11) is 0. The predicted octanol–water partition coefficient (Wildman–Crippen LogP) is 15.6. The Kier molecular flexibility index (Phi) is 10.9. The van der Waals surface area contributed by atoms with Crippen molar-refractivity contribution in [1.82, 2.24) is 0 Å². The van der Waals surface area contributed by atoms with E-state index in [2.05, 4.69) is 208 Å². The van der Waals surface area contributed by atoms with Gasteiger partial charge in [-0.1, -0.05) is 148 Å². The molecule has 53 heavy (non-hydrogen) atoms. The molecule has 0 aliphatic rings. The molecule has 0 aliphatic carbocycles. The molecule has 0 unspecified atom stereocenters. The molecule has 1 nitrogen and oxygen atoms in total. The van der Waals surface area contributed by atoms with Crippen LogP contribution in [0.4, 0.5) is 17.1 Å². The first-order chi connectivity index (χ1) is 26.1. The summed E-state index contributed by atoms with van der Waals surface area (Å²) in [6.07, 6.45) is 15.5. The van der Waals surface area contributed by atoms with Crippen LogP contribution in [0.1, 0.15) is 36.3 Å². The SMILES string of the molecule is C=C/C=C(\C=C/CC)c1ccc(N(c2ccc(-c3cccc(-c4ccccc4)c3)cc2)c2cccc(-c3ccc4sc(/C=C\C)c(C=C)c4c3)c2)cc1. The third-order valence-corrected chi connectivity index (χ3v) is 10.6. The van der Waals surface area contributed by atoms with E-state index in [9.17, 15) is 0 Å². The molecule has 0 aliphatic heterocycles. The first-order valence-corrected chi connectivity index (χ1v) is 19.0. The first-order valence-electron chi connectivity index (χ1n) is 18.2. The Bertz CT molecular complexity index is 2460. The van der Waals surface area contributed by atoms with Gasteiger partial charge in [-0.05, 0) is 124 Å². The lowest BCUT2D eigenvalue weighted by atomic mass is 9.98. The fraction of sp³-hybridized carbons (Fsp3) is 0.0588. The van der Waals surface area contributed by atoms with Crippen LogP contribution in [0.3, 0.4) is 0 Å². The van der Waals surface area contributed by atoms with E-state index in [1.807, 2.05) is 23.5 Å². The first kappa shape index (κ1) is 35.2. The Morgan fingerprint density at radius 2 is 1.23 bits per heavy atom. The zero-order valence-corrected chi connectivity index (χ0v) is 31.2. The van der Waals surface area contributed by atoms with Crippen molar-refractivity contribution in [3.63, 3.8) is 0 Å². The minimum atomic E-state index is 0.981. The number of hydrogen-bond acceptors (Lipinski definition) is 2. The molecule has 2 heteroatoms. The quantitative estimate of drug-likeness (QED) is 0.115. The van der Waals surface area contributed by atoms with E-state index >= 15 is 0 Å². The summed E-state index contributed by atoms with van der Waals surface area (Å²) in [5, 5.41) is 1.24. The van der Waals surface area contributed by atoms with E-state index in [0.717, 1.165) is 40.2 Å². The summed E-state index contributed by atoms with van der Waals surface area (Å²) in [6, 6.07) is 52.7. The molecule has 0 saturated heterocycles. The van der Waals surface area contributed by atoms with Crippen LogP contribution < -0.4 is 4.90 Å².